The molecular formula is C23H31ClF3N5. The van der Waals surface area contributed by atoms with Crippen LogP contribution in [0.1, 0.15) is 36.2 Å². The van der Waals surface area contributed by atoms with Crippen LogP contribution in [0.4, 0.5) is 13.2 Å². The molecule has 32 heavy (non-hydrogen) atoms. The highest BCUT2D eigenvalue weighted by Crippen LogP contribution is 2.27. The molecular weight excluding hydrogens is 439 g/mol. The van der Waals surface area contributed by atoms with Crippen LogP contribution in [0.3, 0.4) is 0 Å². The maximum absolute atomic E-state index is 12.7. The van der Waals surface area contributed by atoms with Crippen molar-refractivity contribution < 1.29 is 13.2 Å². The van der Waals surface area contributed by atoms with E-state index in [0.717, 1.165) is 76.0 Å². The molecule has 2 aliphatic rings. The molecule has 0 aliphatic carbocycles. The maximum Gasteiger partial charge on any atom is 0.433 e. The van der Waals surface area contributed by atoms with Crippen LogP contribution in [0, 0.1) is 0 Å². The number of nitrogens with zero attached hydrogens (tertiary/aromatic N) is 5. The minimum atomic E-state index is -4.38. The molecule has 2 fully saturated rings. The molecule has 0 spiro atoms. The summed E-state index contributed by atoms with van der Waals surface area (Å²) in [6.07, 6.45) is 2.22. The van der Waals surface area contributed by atoms with E-state index >= 15 is 0 Å². The Kier molecular flexibility index (Phi) is 8.87. The van der Waals surface area contributed by atoms with Gasteiger partial charge in [0, 0.05) is 44.6 Å². The summed E-state index contributed by atoms with van der Waals surface area (Å²) in [4.78, 5) is 15.5. The van der Waals surface area contributed by atoms with Gasteiger partial charge in [-0.2, -0.15) is 13.2 Å². The summed E-state index contributed by atoms with van der Waals surface area (Å²) in [5.74, 6) is 0. The van der Waals surface area contributed by atoms with Crippen LogP contribution >= 0.6 is 12.4 Å². The Hall–Kier alpha value is -1.74. The number of rotatable bonds is 5. The highest BCUT2D eigenvalue weighted by molar-refractivity contribution is 5.85. The number of hydrogen-bond acceptors (Lipinski definition) is 5. The number of alkyl halides is 3. The lowest BCUT2D eigenvalue weighted by atomic mass is 10.0. The summed E-state index contributed by atoms with van der Waals surface area (Å²) in [5.41, 5.74) is 1.14. The second kappa shape index (κ2) is 11.4. The molecule has 0 saturated carbocycles. The first-order valence-electron chi connectivity index (χ1n) is 11.1. The number of aromatic nitrogens is 2. The van der Waals surface area contributed by atoms with Gasteiger partial charge in [0.15, 0.2) is 0 Å². The summed E-state index contributed by atoms with van der Waals surface area (Å²) in [6, 6.07) is 9.31. The van der Waals surface area contributed by atoms with Crippen LogP contribution < -0.4 is 0 Å². The molecule has 2 saturated heterocycles. The smallest absolute Gasteiger partial charge is 0.299 e. The van der Waals surface area contributed by atoms with Crippen molar-refractivity contribution in [2.75, 3.05) is 39.3 Å². The van der Waals surface area contributed by atoms with Gasteiger partial charge in [0.05, 0.1) is 5.69 Å². The van der Waals surface area contributed by atoms with E-state index in [4.69, 9.17) is 0 Å². The zero-order chi connectivity index (χ0) is 21.7. The van der Waals surface area contributed by atoms with Crippen molar-refractivity contribution in [1.82, 2.24) is 24.7 Å². The zero-order valence-electron chi connectivity index (χ0n) is 18.2. The van der Waals surface area contributed by atoms with Crippen molar-refractivity contribution in [3.05, 3.63) is 59.7 Å². The van der Waals surface area contributed by atoms with Crippen molar-refractivity contribution in [1.29, 1.82) is 0 Å². The molecule has 9 heteroatoms. The average molecular weight is 470 g/mol. The lowest BCUT2D eigenvalue weighted by Gasteiger charge is -2.38. The SMILES string of the molecule is Cl.FC(F)(F)c1ccc(CN2CCC(N3CCCN(Cc4ccccn4)CC3)CC2)cn1. The van der Waals surface area contributed by atoms with Crippen molar-refractivity contribution in [2.45, 2.75) is 44.6 Å². The summed E-state index contributed by atoms with van der Waals surface area (Å²) in [6.45, 7) is 7.90. The monoisotopic (exact) mass is 469 g/mol. The molecule has 0 atom stereocenters. The van der Waals surface area contributed by atoms with Crippen LogP contribution in [0.15, 0.2) is 42.7 Å². The van der Waals surface area contributed by atoms with Crippen LogP contribution in [0.2, 0.25) is 0 Å². The van der Waals surface area contributed by atoms with Gasteiger partial charge in [0.1, 0.15) is 5.69 Å². The second-order valence-corrected chi connectivity index (χ2v) is 8.54. The molecule has 0 bridgehead atoms. The van der Waals surface area contributed by atoms with E-state index < -0.39 is 11.9 Å². The van der Waals surface area contributed by atoms with E-state index in [1.54, 1.807) is 6.07 Å². The quantitative estimate of drug-likeness (QED) is 0.659. The molecule has 4 rings (SSSR count). The highest BCUT2D eigenvalue weighted by Gasteiger charge is 2.32. The molecule has 0 aromatic carbocycles. The standard InChI is InChI=1S/C23H30F3N5.ClH/c24-23(25,26)22-6-5-19(16-28-22)17-30-12-7-21(8-13-30)31-11-3-10-29(14-15-31)18-20-4-1-2-9-27-20;/h1-2,4-6,9,16,21H,3,7-8,10-15,17-18H2;1H. The Morgan fingerprint density at radius 1 is 0.844 bits per heavy atom. The van der Waals surface area contributed by atoms with E-state index in [2.05, 4.69) is 30.7 Å². The molecule has 2 aromatic heterocycles. The number of hydrogen-bond donors (Lipinski definition) is 0. The lowest BCUT2D eigenvalue weighted by Crippen LogP contribution is -2.45. The number of pyridine rings is 2. The summed E-state index contributed by atoms with van der Waals surface area (Å²) >= 11 is 0. The van der Waals surface area contributed by atoms with Crippen molar-refractivity contribution in [3.8, 4) is 0 Å². The van der Waals surface area contributed by atoms with E-state index in [-0.39, 0.29) is 12.4 Å². The molecule has 5 nitrogen and oxygen atoms in total. The van der Waals surface area contributed by atoms with Gasteiger partial charge in [-0.05, 0) is 69.2 Å². The first kappa shape index (κ1) is 24.9. The van der Waals surface area contributed by atoms with Gasteiger partial charge in [0.2, 0.25) is 0 Å². The normalized spacial score (nSPS) is 20.0. The molecule has 0 amide bonds. The molecule has 2 aromatic rings. The van der Waals surface area contributed by atoms with Crippen molar-refractivity contribution in [2.24, 2.45) is 0 Å². The minimum Gasteiger partial charge on any atom is -0.299 e. The third kappa shape index (κ3) is 6.88. The molecule has 0 N–H and O–H groups in total. The van der Waals surface area contributed by atoms with Crippen molar-refractivity contribution >= 4 is 12.4 Å². The van der Waals surface area contributed by atoms with E-state index in [1.165, 1.54) is 12.6 Å². The maximum atomic E-state index is 12.7. The summed E-state index contributed by atoms with van der Waals surface area (Å²) in [7, 11) is 0. The van der Waals surface area contributed by atoms with Crippen molar-refractivity contribution in [3.63, 3.8) is 0 Å². The fourth-order valence-electron chi connectivity index (χ4n) is 4.62. The van der Waals surface area contributed by atoms with Gasteiger partial charge in [-0.3, -0.25) is 24.7 Å². The Bertz CT molecular complexity index is 811. The Morgan fingerprint density at radius 2 is 1.62 bits per heavy atom. The van der Waals surface area contributed by atoms with Gasteiger partial charge in [0.25, 0.3) is 0 Å². The van der Waals surface area contributed by atoms with Gasteiger partial charge in [-0.25, -0.2) is 0 Å². The van der Waals surface area contributed by atoms with Gasteiger partial charge in [-0.1, -0.05) is 12.1 Å². The molecule has 0 radical (unpaired) electrons. The van der Waals surface area contributed by atoms with Gasteiger partial charge in [-0.15, -0.1) is 12.4 Å². The van der Waals surface area contributed by atoms with Crippen LogP contribution in [0.5, 0.6) is 0 Å². The third-order valence-corrected chi connectivity index (χ3v) is 6.33. The van der Waals surface area contributed by atoms with Crippen LogP contribution in [-0.4, -0.2) is 70.0 Å². The Labute approximate surface area is 194 Å². The predicted octanol–water partition coefficient (Wildman–Crippen LogP) is 4.09. The van der Waals surface area contributed by atoms with Gasteiger partial charge < -0.3 is 0 Å². The van der Waals surface area contributed by atoms with Crippen LogP contribution in [-0.2, 0) is 19.3 Å². The topological polar surface area (TPSA) is 35.5 Å². The van der Waals surface area contributed by atoms with E-state index in [0.29, 0.717) is 12.6 Å². The fourth-order valence-corrected chi connectivity index (χ4v) is 4.62. The number of piperidine rings is 1. The molecule has 2 aliphatic heterocycles. The zero-order valence-corrected chi connectivity index (χ0v) is 19.0. The fraction of sp³-hybridized carbons (Fsp3) is 0.565. The Morgan fingerprint density at radius 3 is 2.28 bits per heavy atom. The first-order chi connectivity index (χ1) is 15.0. The van der Waals surface area contributed by atoms with E-state index in [9.17, 15) is 13.2 Å². The third-order valence-electron chi connectivity index (χ3n) is 6.33. The molecule has 0 unspecified atom stereocenters. The highest BCUT2D eigenvalue weighted by atomic mass is 35.5. The minimum absolute atomic E-state index is 0. The number of likely N-dealkylation sites (tertiary alicyclic amines) is 1. The number of halogens is 4. The predicted molar refractivity (Wildman–Crippen MR) is 120 cm³/mol. The second-order valence-electron chi connectivity index (χ2n) is 8.54. The van der Waals surface area contributed by atoms with Crippen LogP contribution in [0.25, 0.3) is 0 Å². The van der Waals surface area contributed by atoms with E-state index in [1.807, 2.05) is 18.3 Å². The largest absolute Gasteiger partial charge is 0.433 e. The summed E-state index contributed by atoms with van der Waals surface area (Å²) < 4.78 is 38.0. The van der Waals surface area contributed by atoms with Gasteiger partial charge >= 0.3 is 6.18 Å². The molecule has 176 valence electrons. The molecule has 4 heterocycles. The Balaban J connectivity index is 0.00000289. The first-order valence-corrected chi connectivity index (χ1v) is 11.1. The summed E-state index contributed by atoms with van der Waals surface area (Å²) in [5, 5.41) is 0. The lowest BCUT2D eigenvalue weighted by molar-refractivity contribution is -0.141. The average Bonchev–Trinajstić information content (AvgIpc) is 3.00.